The minimum Gasteiger partial charge on any atom is -0.468 e. The molecule has 0 aliphatic carbocycles. The third-order valence-electron chi connectivity index (χ3n) is 3.11. The van der Waals surface area contributed by atoms with Gasteiger partial charge in [-0.1, -0.05) is 39.8 Å². The average Bonchev–Trinajstić information content (AvgIpc) is 2.96. The van der Waals surface area contributed by atoms with Gasteiger partial charge in [-0.25, -0.2) is 4.98 Å². The normalized spacial score (nSPS) is 11.9. The van der Waals surface area contributed by atoms with Gasteiger partial charge in [0.25, 0.3) is 5.91 Å². The molecule has 0 bridgehead atoms. The summed E-state index contributed by atoms with van der Waals surface area (Å²) in [6.07, 6.45) is 1.74. The molecule has 0 fully saturated rings. The molecule has 1 amide bonds. The number of methoxy groups -OCH3 is 1. The standard InChI is InChI=1S/C13H13N3O2.2C2H6/c1-15-8-9-7-14-13(18-2)16(9)11-6-4-3-5-10(11)12(15)17;2*1-2/h3-7H,8H2,1-2H3;2*1-2H3. The largest absolute Gasteiger partial charge is 0.468 e. The number of amides is 1. The first-order chi connectivity index (χ1) is 10.7. The van der Waals surface area contributed by atoms with Crippen LogP contribution in [0.5, 0.6) is 6.01 Å². The second-order valence-corrected chi connectivity index (χ2v) is 4.25. The number of nitrogens with zero attached hydrogens (tertiary/aromatic N) is 3. The third kappa shape index (κ3) is 3.13. The van der Waals surface area contributed by atoms with Crippen molar-refractivity contribution in [1.29, 1.82) is 0 Å². The van der Waals surface area contributed by atoms with Gasteiger partial charge in [-0.05, 0) is 12.1 Å². The summed E-state index contributed by atoms with van der Waals surface area (Å²) < 4.78 is 7.14. The van der Waals surface area contributed by atoms with E-state index < -0.39 is 0 Å². The Morgan fingerprint density at radius 2 is 1.77 bits per heavy atom. The summed E-state index contributed by atoms with van der Waals surface area (Å²) in [4.78, 5) is 18.2. The van der Waals surface area contributed by atoms with E-state index in [1.54, 1.807) is 25.3 Å². The second-order valence-electron chi connectivity index (χ2n) is 4.25. The van der Waals surface area contributed by atoms with Gasteiger partial charge >= 0.3 is 6.01 Å². The van der Waals surface area contributed by atoms with Gasteiger partial charge in [0.2, 0.25) is 0 Å². The predicted octanol–water partition coefficient (Wildman–Crippen LogP) is 3.52. The fourth-order valence-corrected chi connectivity index (χ4v) is 2.25. The Hall–Kier alpha value is -2.30. The van der Waals surface area contributed by atoms with Crippen LogP contribution in [0.2, 0.25) is 0 Å². The van der Waals surface area contributed by atoms with Gasteiger partial charge in [-0.2, -0.15) is 0 Å². The minimum absolute atomic E-state index is 0.0105. The second kappa shape index (κ2) is 8.22. The molecule has 22 heavy (non-hydrogen) atoms. The number of aromatic nitrogens is 2. The van der Waals surface area contributed by atoms with E-state index in [1.165, 1.54) is 0 Å². The molecule has 2 aromatic rings. The van der Waals surface area contributed by atoms with Crippen molar-refractivity contribution in [3.63, 3.8) is 0 Å². The predicted molar refractivity (Wildman–Crippen MR) is 88.6 cm³/mol. The van der Waals surface area contributed by atoms with Crippen LogP contribution >= 0.6 is 0 Å². The third-order valence-corrected chi connectivity index (χ3v) is 3.11. The summed E-state index contributed by atoms with van der Waals surface area (Å²) >= 11 is 0. The van der Waals surface area contributed by atoms with E-state index in [1.807, 2.05) is 56.5 Å². The van der Waals surface area contributed by atoms with Gasteiger partial charge in [0, 0.05) is 7.05 Å². The highest BCUT2D eigenvalue weighted by molar-refractivity contribution is 5.98. The fourth-order valence-electron chi connectivity index (χ4n) is 2.25. The lowest BCUT2D eigenvalue weighted by molar-refractivity contribution is 0.0788. The van der Waals surface area contributed by atoms with Crippen LogP contribution in [0.1, 0.15) is 43.7 Å². The first kappa shape index (κ1) is 17.8. The van der Waals surface area contributed by atoms with Crippen LogP contribution in [-0.4, -0.2) is 34.5 Å². The summed E-state index contributed by atoms with van der Waals surface area (Å²) in [5.74, 6) is 0.0105. The van der Waals surface area contributed by atoms with E-state index in [0.29, 0.717) is 18.1 Å². The van der Waals surface area contributed by atoms with Crippen LogP contribution in [0, 0.1) is 0 Å². The van der Waals surface area contributed by atoms with Gasteiger partial charge in [0.15, 0.2) is 0 Å². The van der Waals surface area contributed by atoms with Crippen LogP contribution in [0.15, 0.2) is 30.5 Å². The minimum atomic E-state index is 0.0105. The highest BCUT2D eigenvalue weighted by Crippen LogP contribution is 2.27. The zero-order valence-corrected chi connectivity index (χ0v) is 14.3. The van der Waals surface area contributed by atoms with E-state index in [9.17, 15) is 4.79 Å². The quantitative estimate of drug-likeness (QED) is 0.810. The lowest BCUT2D eigenvalue weighted by Gasteiger charge is -2.13. The lowest BCUT2D eigenvalue weighted by atomic mass is 10.1. The maximum absolute atomic E-state index is 12.3. The van der Waals surface area contributed by atoms with E-state index >= 15 is 0 Å². The molecule has 1 aromatic carbocycles. The van der Waals surface area contributed by atoms with Gasteiger partial charge in [-0.15, -0.1) is 0 Å². The van der Waals surface area contributed by atoms with Crippen molar-refractivity contribution in [2.24, 2.45) is 0 Å². The van der Waals surface area contributed by atoms with Crippen molar-refractivity contribution >= 4 is 5.91 Å². The maximum Gasteiger partial charge on any atom is 0.301 e. The molecular formula is C17H25N3O2. The molecule has 5 nitrogen and oxygen atoms in total. The smallest absolute Gasteiger partial charge is 0.301 e. The van der Waals surface area contributed by atoms with Gasteiger partial charge in [0.05, 0.1) is 36.8 Å². The van der Waals surface area contributed by atoms with Gasteiger partial charge in [0.1, 0.15) is 0 Å². The Bertz CT molecular complexity index is 620. The summed E-state index contributed by atoms with van der Waals surface area (Å²) in [5.41, 5.74) is 2.42. The van der Waals surface area contributed by atoms with Crippen LogP contribution in [0.4, 0.5) is 0 Å². The number of para-hydroxylation sites is 1. The van der Waals surface area contributed by atoms with Crippen LogP contribution in [-0.2, 0) is 6.54 Å². The van der Waals surface area contributed by atoms with E-state index in [2.05, 4.69) is 4.98 Å². The molecule has 2 heterocycles. The Morgan fingerprint density at radius 3 is 2.41 bits per heavy atom. The number of imidazole rings is 1. The molecule has 0 radical (unpaired) electrons. The first-order valence-corrected chi connectivity index (χ1v) is 7.68. The molecule has 1 aromatic heterocycles. The van der Waals surface area contributed by atoms with Crippen molar-refractivity contribution in [3.05, 3.63) is 41.7 Å². The van der Waals surface area contributed by atoms with Crippen LogP contribution in [0.3, 0.4) is 0 Å². The Labute approximate surface area is 132 Å². The number of ether oxygens (including phenoxy) is 1. The Balaban J connectivity index is 0.000000561. The van der Waals surface area contributed by atoms with E-state index in [4.69, 9.17) is 4.74 Å². The van der Waals surface area contributed by atoms with Crippen molar-refractivity contribution in [2.75, 3.05) is 14.2 Å². The van der Waals surface area contributed by atoms with Crippen molar-refractivity contribution < 1.29 is 9.53 Å². The molecule has 0 atom stereocenters. The summed E-state index contributed by atoms with van der Waals surface area (Å²) in [6.45, 7) is 8.52. The zero-order chi connectivity index (χ0) is 16.7. The van der Waals surface area contributed by atoms with Gasteiger partial charge in [-0.3, -0.25) is 9.36 Å². The molecular weight excluding hydrogens is 278 g/mol. The monoisotopic (exact) mass is 303 g/mol. The SMILES string of the molecule is CC.CC.COc1ncc2n1-c1ccccc1C(=O)N(C)C2. The topological polar surface area (TPSA) is 47.4 Å². The molecule has 0 unspecified atom stereocenters. The Kier molecular flexibility index (Phi) is 6.63. The summed E-state index contributed by atoms with van der Waals surface area (Å²) in [7, 11) is 3.36. The molecule has 120 valence electrons. The molecule has 5 heteroatoms. The number of carbonyl (C=O) groups excluding carboxylic acids is 1. The molecule has 0 N–H and O–H groups in total. The zero-order valence-electron chi connectivity index (χ0n) is 14.3. The van der Waals surface area contributed by atoms with E-state index in [0.717, 1.165) is 11.4 Å². The van der Waals surface area contributed by atoms with Crippen molar-refractivity contribution in [2.45, 2.75) is 34.2 Å². The van der Waals surface area contributed by atoms with Crippen LogP contribution in [0.25, 0.3) is 5.69 Å². The molecule has 1 aliphatic heterocycles. The molecule has 0 spiro atoms. The van der Waals surface area contributed by atoms with Gasteiger partial charge < -0.3 is 9.64 Å². The summed E-state index contributed by atoms with van der Waals surface area (Å²) in [6, 6.07) is 7.99. The number of hydrogen-bond donors (Lipinski definition) is 0. The lowest BCUT2D eigenvalue weighted by Crippen LogP contribution is -2.24. The number of fused-ring (bicyclic) bond motifs is 3. The van der Waals surface area contributed by atoms with Crippen molar-refractivity contribution in [3.8, 4) is 11.7 Å². The molecule has 1 aliphatic rings. The number of hydrogen-bond acceptors (Lipinski definition) is 3. The molecule has 0 saturated carbocycles. The maximum atomic E-state index is 12.3. The van der Waals surface area contributed by atoms with Crippen LogP contribution < -0.4 is 4.74 Å². The van der Waals surface area contributed by atoms with Crippen molar-refractivity contribution in [1.82, 2.24) is 14.5 Å². The summed E-state index contributed by atoms with van der Waals surface area (Å²) in [5, 5.41) is 0. The molecule has 0 saturated heterocycles. The Morgan fingerprint density at radius 1 is 1.14 bits per heavy atom. The number of carbonyl (C=O) groups is 1. The highest BCUT2D eigenvalue weighted by Gasteiger charge is 2.25. The molecule has 3 rings (SSSR count). The van der Waals surface area contributed by atoms with E-state index in [-0.39, 0.29) is 5.91 Å². The average molecular weight is 303 g/mol. The highest BCUT2D eigenvalue weighted by atomic mass is 16.5. The number of rotatable bonds is 1. The number of benzene rings is 1. The fraction of sp³-hybridized carbons (Fsp3) is 0.412. The first-order valence-electron chi connectivity index (χ1n) is 7.68.